The highest BCUT2D eigenvalue weighted by molar-refractivity contribution is 5.68. The third-order valence-electron chi connectivity index (χ3n) is 4.28. The molecule has 1 fully saturated rings. The van der Waals surface area contributed by atoms with Gasteiger partial charge < -0.3 is 18.9 Å². The summed E-state index contributed by atoms with van der Waals surface area (Å²) in [6.45, 7) is 4.98. The maximum atomic E-state index is 12.7. The van der Waals surface area contributed by atoms with Gasteiger partial charge in [-0.15, -0.1) is 0 Å². The van der Waals surface area contributed by atoms with Crippen molar-refractivity contribution in [2.45, 2.75) is 58.9 Å². The summed E-state index contributed by atoms with van der Waals surface area (Å²) in [5, 5.41) is 0. The Hall–Kier alpha value is -2.62. The minimum absolute atomic E-state index is 0.0948. The summed E-state index contributed by atoms with van der Waals surface area (Å²) in [7, 11) is 0. The zero-order valence-corrected chi connectivity index (χ0v) is 16.3. The maximum absolute atomic E-state index is 12.7. The van der Waals surface area contributed by atoms with Crippen molar-refractivity contribution in [3.63, 3.8) is 0 Å². The van der Waals surface area contributed by atoms with Gasteiger partial charge in [-0.2, -0.15) is 0 Å². The molecule has 1 aromatic rings. The Bertz CT molecular complexity index is 813. The Balaban J connectivity index is 2.08. The average Bonchev–Trinajstić information content (AvgIpc) is 3.14. The predicted octanol–water partition coefficient (Wildman–Crippen LogP) is 1.12. The first-order chi connectivity index (χ1) is 13.4. The van der Waals surface area contributed by atoms with E-state index in [0.29, 0.717) is 18.4 Å². The van der Waals surface area contributed by atoms with Crippen molar-refractivity contribution >= 4 is 12.1 Å². The molecule has 0 saturated carbocycles. The zero-order valence-electron chi connectivity index (χ0n) is 16.3. The lowest BCUT2D eigenvalue weighted by Gasteiger charge is -2.18. The van der Waals surface area contributed by atoms with Crippen molar-refractivity contribution in [3.05, 3.63) is 32.6 Å². The fourth-order valence-corrected chi connectivity index (χ4v) is 2.84. The summed E-state index contributed by atoms with van der Waals surface area (Å²) in [6.07, 6.45) is 1.19. The molecule has 0 unspecified atom stereocenters. The van der Waals surface area contributed by atoms with Gasteiger partial charge in [0.2, 0.25) is 0 Å². The van der Waals surface area contributed by atoms with Gasteiger partial charge in [-0.25, -0.2) is 9.59 Å². The number of hydrogen-bond donors (Lipinski definition) is 0. The summed E-state index contributed by atoms with van der Waals surface area (Å²) in [4.78, 5) is 47.6. The van der Waals surface area contributed by atoms with Crippen LogP contribution in [0.1, 0.15) is 44.9 Å². The molecule has 10 heteroatoms. The number of hydrogen-bond acceptors (Lipinski definition) is 8. The van der Waals surface area contributed by atoms with Crippen molar-refractivity contribution in [1.82, 2.24) is 9.13 Å². The molecule has 0 amide bonds. The Kier molecular flexibility index (Phi) is 7.80. The lowest BCUT2D eigenvalue weighted by atomic mass is 10.2. The standard InChI is InChI=1S/C18H26N2O8/c1-4-15(21)27-11-13-6-7-14(28-13)20-10-12(3)16(22)19(17(20)23)8-9-26-18(24)25-5-2/h10,13-14H,4-9,11H2,1-3H3/t13-,14+/m0/s1. The second-order valence-corrected chi connectivity index (χ2v) is 6.32. The number of rotatable bonds is 8. The molecule has 0 aromatic carbocycles. The van der Waals surface area contributed by atoms with Gasteiger partial charge in [0.1, 0.15) is 19.4 Å². The quantitative estimate of drug-likeness (QED) is 0.599. The molecule has 1 saturated heterocycles. The normalized spacial score (nSPS) is 18.7. The van der Waals surface area contributed by atoms with E-state index >= 15 is 0 Å². The van der Waals surface area contributed by atoms with Crippen LogP contribution in [0.25, 0.3) is 0 Å². The third kappa shape index (κ3) is 5.44. The molecule has 1 aromatic heterocycles. The van der Waals surface area contributed by atoms with Crippen LogP contribution in [0.4, 0.5) is 4.79 Å². The number of nitrogens with zero attached hydrogens (tertiary/aromatic N) is 2. The molecule has 1 aliphatic rings. The average molecular weight is 398 g/mol. The van der Waals surface area contributed by atoms with Crippen LogP contribution in [0.3, 0.4) is 0 Å². The second kappa shape index (κ2) is 10.1. The number of carbonyl (C=O) groups excluding carboxylic acids is 2. The minimum Gasteiger partial charge on any atom is -0.463 e. The number of carbonyl (C=O) groups is 2. The van der Waals surface area contributed by atoms with E-state index in [-0.39, 0.29) is 44.9 Å². The van der Waals surface area contributed by atoms with Crippen LogP contribution in [0.15, 0.2) is 15.8 Å². The van der Waals surface area contributed by atoms with E-state index in [1.54, 1.807) is 20.8 Å². The summed E-state index contributed by atoms with van der Waals surface area (Å²) < 4.78 is 22.7. The predicted molar refractivity (Wildman–Crippen MR) is 97.1 cm³/mol. The molecule has 10 nitrogen and oxygen atoms in total. The zero-order chi connectivity index (χ0) is 20.7. The lowest BCUT2D eigenvalue weighted by Crippen LogP contribution is -2.43. The largest absolute Gasteiger partial charge is 0.508 e. The highest BCUT2D eigenvalue weighted by Crippen LogP contribution is 2.27. The fraction of sp³-hybridized carbons (Fsp3) is 0.667. The van der Waals surface area contributed by atoms with Crippen LogP contribution in [0.2, 0.25) is 0 Å². The summed E-state index contributed by atoms with van der Waals surface area (Å²) in [5.74, 6) is -0.310. The lowest BCUT2D eigenvalue weighted by molar-refractivity contribution is -0.148. The first-order valence-electron chi connectivity index (χ1n) is 9.30. The molecular formula is C18H26N2O8. The topological polar surface area (TPSA) is 115 Å². The molecule has 2 heterocycles. The smallest absolute Gasteiger partial charge is 0.463 e. The first kappa shape index (κ1) is 21.7. The molecule has 156 valence electrons. The van der Waals surface area contributed by atoms with Gasteiger partial charge in [-0.3, -0.25) is 18.7 Å². The molecule has 0 aliphatic carbocycles. The van der Waals surface area contributed by atoms with Gasteiger partial charge in [0, 0.05) is 18.2 Å². The van der Waals surface area contributed by atoms with Crippen molar-refractivity contribution in [3.8, 4) is 0 Å². The Morgan fingerprint density at radius 1 is 1.18 bits per heavy atom. The van der Waals surface area contributed by atoms with Crippen LogP contribution in [0.5, 0.6) is 0 Å². The molecular weight excluding hydrogens is 372 g/mol. The van der Waals surface area contributed by atoms with E-state index in [1.807, 2.05) is 0 Å². The van der Waals surface area contributed by atoms with Gasteiger partial charge in [-0.05, 0) is 26.7 Å². The monoisotopic (exact) mass is 398 g/mol. The first-order valence-corrected chi connectivity index (χ1v) is 9.30. The minimum atomic E-state index is -0.855. The highest BCUT2D eigenvalue weighted by Gasteiger charge is 2.29. The Morgan fingerprint density at radius 2 is 1.93 bits per heavy atom. The van der Waals surface area contributed by atoms with E-state index in [9.17, 15) is 19.2 Å². The fourth-order valence-electron chi connectivity index (χ4n) is 2.84. The number of esters is 1. The van der Waals surface area contributed by atoms with Crippen molar-refractivity contribution in [1.29, 1.82) is 0 Å². The van der Waals surface area contributed by atoms with Gasteiger partial charge in [0.25, 0.3) is 5.56 Å². The van der Waals surface area contributed by atoms with Crippen molar-refractivity contribution in [2.24, 2.45) is 0 Å². The van der Waals surface area contributed by atoms with E-state index in [0.717, 1.165) is 4.57 Å². The SMILES string of the molecule is CCOC(=O)OCCn1c(=O)c(C)cn([C@H]2CC[C@@H](COC(=O)CC)O2)c1=O. The van der Waals surface area contributed by atoms with Crippen molar-refractivity contribution in [2.75, 3.05) is 19.8 Å². The Morgan fingerprint density at radius 3 is 2.61 bits per heavy atom. The molecule has 1 aliphatic heterocycles. The van der Waals surface area contributed by atoms with Gasteiger partial charge >= 0.3 is 17.8 Å². The van der Waals surface area contributed by atoms with Crippen LogP contribution < -0.4 is 11.2 Å². The number of aryl methyl sites for hydroxylation is 1. The molecule has 0 radical (unpaired) electrons. The molecule has 2 atom stereocenters. The van der Waals surface area contributed by atoms with Gasteiger partial charge in [-0.1, -0.05) is 6.92 Å². The second-order valence-electron chi connectivity index (χ2n) is 6.32. The van der Waals surface area contributed by atoms with Crippen LogP contribution in [0, 0.1) is 6.92 Å². The highest BCUT2D eigenvalue weighted by atomic mass is 16.7. The molecule has 2 rings (SSSR count). The van der Waals surface area contributed by atoms with Crippen molar-refractivity contribution < 1.29 is 28.5 Å². The summed E-state index contributed by atoms with van der Waals surface area (Å²) in [5.41, 5.74) is -0.653. The molecule has 0 spiro atoms. The van der Waals surface area contributed by atoms with Crippen LogP contribution in [-0.4, -0.2) is 47.2 Å². The molecule has 0 N–H and O–H groups in total. The molecule has 28 heavy (non-hydrogen) atoms. The maximum Gasteiger partial charge on any atom is 0.508 e. The van der Waals surface area contributed by atoms with Gasteiger partial charge in [0.05, 0.1) is 19.3 Å². The van der Waals surface area contributed by atoms with E-state index in [2.05, 4.69) is 4.74 Å². The third-order valence-corrected chi connectivity index (χ3v) is 4.28. The van der Waals surface area contributed by atoms with Gasteiger partial charge in [0.15, 0.2) is 0 Å². The Labute approximate surface area is 161 Å². The van der Waals surface area contributed by atoms with E-state index in [1.165, 1.54) is 10.8 Å². The van der Waals surface area contributed by atoms with Crippen LogP contribution >= 0.6 is 0 Å². The summed E-state index contributed by atoms with van der Waals surface area (Å²) in [6, 6.07) is 0. The number of ether oxygens (including phenoxy) is 4. The van der Waals surface area contributed by atoms with Crippen LogP contribution in [-0.2, 0) is 30.3 Å². The number of aromatic nitrogens is 2. The summed E-state index contributed by atoms with van der Waals surface area (Å²) >= 11 is 0. The molecule has 0 bridgehead atoms. The van der Waals surface area contributed by atoms with E-state index < -0.39 is 23.6 Å². The van der Waals surface area contributed by atoms with E-state index in [4.69, 9.17) is 14.2 Å².